The van der Waals surface area contributed by atoms with Crippen molar-refractivity contribution in [1.82, 2.24) is 4.90 Å². The monoisotopic (exact) mass is 300 g/mol. The van der Waals surface area contributed by atoms with Gasteiger partial charge in [-0.1, -0.05) is 19.3 Å². The fraction of sp³-hybridized carbons (Fsp3) is 0.533. The third kappa shape index (κ3) is 3.49. The number of nitrogens with two attached hydrogens (primary N) is 1. The van der Waals surface area contributed by atoms with E-state index >= 15 is 0 Å². The first-order chi connectivity index (χ1) is 9.80. The van der Waals surface area contributed by atoms with E-state index in [0.717, 1.165) is 44.2 Å². The highest BCUT2D eigenvalue weighted by molar-refractivity contribution is 5.95. The first kappa shape index (κ1) is 15.7. The number of anilines is 1. The first-order valence-electron chi connectivity index (χ1n) is 7.04. The van der Waals surface area contributed by atoms with Gasteiger partial charge in [-0.05, 0) is 31.0 Å². The number of nitrogen functional groups attached to an aromatic ring is 1. The van der Waals surface area contributed by atoms with Crippen LogP contribution in [0.2, 0.25) is 0 Å². The zero-order valence-electron chi connectivity index (χ0n) is 11.9. The zero-order chi connectivity index (χ0) is 15.6. The molecule has 0 aliphatic heterocycles. The molecule has 1 aromatic carbocycles. The summed E-state index contributed by atoms with van der Waals surface area (Å²) in [5.41, 5.74) is 4.07. The molecule has 0 atom stereocenters. The van der Waals surface area contributed by atoms with Crippen LogP contribution in [0.3, 0.4) is 0 Å². The van der Waals surface area contributed by atoms with E-state index in [1.54, 1.807) is 11.9 Å². The lowest BCUT2D eigenvalue weighted by atomic mass is 9.94. The van der Waals surface area contributed by atoms with E-state index in [-0.39, 0.29) is 23.2 Å². The summed E-state index contributed by atoms with van der Waals surface area (Å²) in [6.07, 6.45) is 0.519. The van der Waals surface area contributed by atoms with Crippen LogP contribution >= 0.6 is 0 Å². The van der Waals surface area contributed by atoms with Gasteiger partial charge in [-0.3, -0.25) is 4.79 Å². The van der Waals surface area contributed by atoms with Gasteiger partial charge in [-0.15, -0.1) is 0 Å². The van der Waals surface area contributed by atoms with Crippen LogP contribution in [-0.2, 0) is 6.18 Å². The zero-order valence-corrected chi connectivity index (χ0v) is 11.9. The lowest BCUT2D eigenvalue weighted by Crippen LogP contribution is -2.38. The van der Waals surface area contributed by atoms with Crippen molar-refractivity contribution in [2.75, 3.05) is 12.8 Å². The highest BCUT2D eigenvalue weighted by atomic mass is 19.4. The Balaban J connectivity index is 2.22. The third-order valence-electron chi connectivity index (χ3n) is 4.05. The van der Waals surface area contributed by atoms with Gasteiger partial charge in [0.05, 0.1) is 5.56 Å². The second-order valence-corrected chi connectivity index (χ2v) is 5.51. The summed E-state index contributed by atoms with van der Waals surface area (Å²) in [4.78, 5) is 13.9. The van der Waals surface area contributed by atoms with Crippen molar-refractivity contribution in [2.24, 2.45) is 0 Å². The summed E-state index contributed by atoms with van der Waals surface area (Å²) >= 11 is 0. The van der Waals surface area contributed by atoms with Crippen LogP contribution < -0.4 is 5.73 Å². The number of carbonyl (C=O) groups excluding carboxylic acids is 1. The maximum atomic E-state index is 12.8. The molecule has 2 N–H and O–H groups in total. The summed E-state index contributed by atoms with van der Waals surface area (Å²) in [7, 11) is 1.65. The number of hydrogen-bond donors (Lipinski definition) is 1. The topological polar surface area (TPSA) is 46.3 Å². The van der Waals surface area contributed by atoms with Crippen molar-refractivity contribution in [1.29, 1.82) is 0 Å². The van der Waals surface area contributed by atoms with Crippen molar-refractivity contribution in [3.63, 3.8) is 0 Å². The van der Waals surface area contributed by atoms with E-state index in [9.17, 15) is 18.0 Å². The minimum atomic E-state index is -4.55. The largest absolute Gasteiger partial charge is 0.418 e. The van der Waals surface area contributed by atoms with E-state index in [1.165, 1.54) is 6.07 Å². The van der Waals surface area contributed by atoms with Crippen LogP contribution in [0, 0.1) is 0 Å². The molecule has 0 saturated heterocycles. The van der Waals surface area contributed by atoms with Gasteiger partial charge in [0.25, 0.3) is 5.91 Å². The van der Waals surface area contributed by atoms with E-state index < -0.39 is 11.7 Å². The summed E-state index contributed by atoms with van der Waals surface area (Å²) in [5, 5.41) is 0. The molecule has 0 bridgehead atoms. The second kappa shape index (κ2) is 5.95. The summed E-state index contributed by atoms with van der Waals surface area (Å²) in [6.45, 7) is 0. The molecule has 3 nitrogen and oxygen atoms in total. The summed E-state index contributed by atoms with van der Waals surface area (Å²) in [5.74, 6) is -0.382. The van der Waals surface area contributed by atoms with Crippen molar-refractivity contribution in [2.45, 2.75) is 44.3 Å². The van der Waals surface area contributed by atoms with Crippen molar-refractivity contribution in [3.8, 4) is 0 Å². The van der Waals surface area contributed by atoms with Crippen LogP contribution in [-0.4, -0.2) is 23.9 Å². The molecule has 1 aliphatic rings. The number of benzene rings is 1. The number of carbonyl (C=O) groups is 1. The number of rotatable bonds is 2. The van der Waals surface area contributed by atoms with Crippen LogP contribution in [0.4, 0.5) is 18.9 Å². The molecular formula is C15H19F3N2O. The second-order valence-electron chi connectivity index (χ2n) is 5.51. The Kier molecular flexibility index (Phi) is 4.44. The molecule has 6 heteroatoms. The molecular weight excluding hydrogens is 281 g/mol. The van der Waals surface area contributed by atoms with E-state index in [1.807, 2.05) is 0 Å². The fourth-order valence-electron chi connectivity index (χ4n) is 2.77. The normalized spacial score (nSPS) is 16.8. The number of alkyl halides is 3. The van der Waals surface area contributed by atoms with Crippen LogP contribution in [0.15, 0.2) is 18.2 Å². The molecule has 116 valence electrons. The predicted molar refractivity (Wildman–Crippen MR) is 74.8 cm³/mol. The minimum absolute atomic E-state index is 0.0320. The minimum Gasteiger partial charge on any atom is -0.398 e. The maximum absolute atomic E-state index is 12.8. The van der Waals surface area contributed by atoms with Gasteiger partial charge in [-0.25, -0.2) is 0 Å². The molecule has 1 aromatic rings. The third-order valence-corrected chi connectivity index (χ3v) is 4.05. The fourth-order valence-corrected chi connectivity index (χ4v) is 2.77. The Bertz CT molecular complexity index is 522. The first-order valence-corrected chi connectivity index (χ1v) is 7.04. The van der Waals surface area contributed by atoms with E-state index in [0.29, 0.717) is 0 Å². The molecule has 1 saturated carbocycles. The van der Waals surface area contributed by atoms with Crippen LogP contribution in [0.25, 0.3) is 0 Å². The van der Waals surface area contributed by atoms with Crippen molar-refractivity contribution >= 4 is 11.6 Å². The van der Waals surface area contributed by atoms with Crippen LogP contribution in [0.5, 0.6) is 0 Å². The van der Waals surface area contributed by atoms with Gasteiger partial charge >= 0.3 is 6.18 Å². The van der Waals surface area contributed by atoms with Gasteiger partial charge in [-0.2, -0.15) is 13.2 Å². The highest BCUT2D eigenvalue weighted by Gasteiger charge is 2.34. The van der Waals surface area contributed by atoms with Gasteiger partial charge in [0.15, 0.2) is 0 Å². The van der Waals surface area contributed by atoms with Gasteiger partial charge in [0.2, 0.25) is 0 Å². The molecule has 0 aromatic heterocycles. The highest BCUT2D eigenvalue weighted by Crippen LogP contribution is 2.34. The summed E-state index contributed by atoms with van der Waals surface area (Å²) in [6, 6.07) is 3.45. The Morgan fingerprint density at radius 1 is 1.24 bits per heavy atom. The Morgan fingerprint density at radius 3 is 2.43 bits per heavy atom. The molecule has 21 heavy (non-hydrogen) atoms. The Morgan fingerprint density at radius 2 is 1.86 bits per heavy atom. The van der Waals surface area contributed by atoms with Crippen molar-refractivity contribution < 1.29 is 18.0 Å². The van der Waals surface area contributed by atoms with Gasteiger partial charge < -0.3 is 10.6 Å². The summed E-state index contributed by atoms with van der Waals surface area (Å²) < 4.78 is 38.5. The number of hydrogen-bond acceptors (Lipinski definition) is 2. The van der Waals surface area contributed by atoms with Gasteiger partial charge in [0, 0.05) is 24.3 Å². The maximum Gasteiger partial charge on any atom is 0.418 e. The standard InChI is InChI=1S/C15H19F3N2O/c1-20(11-5-3-2-4-6-11)14(21)10-7-8-13(19)12(9-10)15(16,17)18/h7-9,11H,2-6,19H2,1H3. The number of nitrogens with zero attached hydrogens (tertiary/aromatic N) is 1. The average Bonchev–Trinajstić information content (AvgIpc) is 2.46. The van der Waals surface area contributed by atoms with Crippen LogP contribution in [0.1, 0.15) is 48.0 Å². The molecule has 0 heterocycles. The lowest BCUT2D eigenvalue weighted by Gasteiger charge is -2.31. The quantitative estimate of drug-likeness (QED) is 0.847. The van der Waals surface area contributed by atoms with E-state index in [2.05, 4.69) is 0 Å². The molecule has 1 fully saturated rings. The predicted octanol–water partition coefficient (Wildman–Crippen LogP) is 3.69. The molecule has 2 rings (SSSR count). The van der Waals surface area contributed by atoms with E-state index in [4.69, 9.17) is 5.73 Å². The average molecular weight is 300 g/mol. The Labute approximate surface area is 121 Å². The SMILES string of the molecule is CN(C(=O)c1ccc(N)c(C(F)(F)F)c1)C1CCCCC1. The molecule has 0 radical (unpaired) electrons. The lowest BCUT2D eigenvalue weighted by molar-refractivity contribution is -0.136. The molecule has 1 amide bonds. The molecule has 0 unspecified atom stereocenters. The molecule has 0 spiro atoms. The van der Waals surface area contributed by atoms with Gasteiger partial charge in [0.1, 0.15) is 0 Å². The number of halogens is 3. The van der Waals surface area contributed by atoms with Crippen molar-refractivity contribution in [3.05, 3.63) is 29.3 Å². The molecule has 1 aliphatic carbocycles. The number of amides is 1. The Hall–Kier alpha value is -1.72. The smallest absolute Gasteiger partial charge is 0.398 e.